The number of nitrogens with one attached hydrogen (secondary N) is 4. The number of halogens is 4. The highest BCUT2D eigenvalue weighted by molar-refractivity contribution is 5.85. The lowest BCUT2D eigenvalue weighted by Gasteiger charge is -2.43. The maximum atomic E-state index is 14.2. The van der Waals surface area contributed by atoms with Crippen LogP contribution in [-0.2, 0) is 31.0 Å². The molecule has 3 aromatic rings. The molecule has 0 aromatic heterocycles. The Kier molecular flexibility index (Phi) is 42.7. The molecule has 3 aromatic carbocycles. The third-order valence-electron chi connectivity index (χ3n) is 23.7. The number of hydrogen-bond acceptors (Lipinski definition) is 16. The van der Waals surface area contributed by atoms with Gasteiger partial charge in [0.25, 0.3) is 0 Å². The zero-order valence-corrected chi connectivity index (χ0v) is 68.7. The van der Waals surface area contributed by atoms with Crippen LogP contribution in [0.25, 0.3) is 0 Å². The average Bonchev–Trinajstić information content (AvgIpc) is 0.794. The van der Waals surface area contributed by atoms with Crippen LogP contribution in [0.3, 0.4) is 0 Å². The van der Waals surface area contributed by atoms with Gasteiger partial charge in [-0.25, -0.2) is 22.8 Å². The highest BCUT2D eigenvalue weighted by atomic mass is 35.5. The molecule has 20 nitrogen and oxygen atoms in total. The van der Waals surface area contributed by atoms with Gasteiger partial charge in [-0.15, -0.1) is 12.4 Å². The number of unbranched alkanes of at least 4 members (excludes halogenated alkanes) is 3. The van der Waals surface area contributed by atoms with Gasteiger partial charge < -0.3 is 91.5 Å². The summed E-state index contributed by atoms with van der Waals surface area (Å²) in [5, 5.41) is 80.5. The number of ether oxygens (including phenoxy) is 3. The third-order valence-corrected chi connectivity index (χ3v) is 23.7. The fourth-order valence-electron chi connectivity index (χ4n) is 18.0. The Labute approximate surface area is 659 Å². The molecule has 0 radical (unpaired) electrons. The topological polar surface area (TPSA) is 270 Å². The van der Waals surface area contributed by atoms with E-state index < -0.39 is 33.6 Å². The van der Waals surface area contributed by atoms with Crippen LogP contribution in [0.4, 0.5) is 22.8 Å². The van der Waals surface area contributed by atoms with Crippen LogP contribution in [-0.4, -0.2) is 233 Å². The second kappa shape index (κ2) is 48.8. The van der Waals surface area contributed by atoms with Crippen LogP contribution in [0.1, 0.15) is 229 Å². The Morgan fingerprint density at radius 1 is 0.532 bits per heavy atom. The zero-order valence-electron chi connectivity index (χ0n) is 67.8. The number of benzene rings is 3. The van der Waals surface area contributed by atoms with Crippen LogP contribution >= 0.6 is 12.4 Å². The molecule has 24 heteroatoms. The van der Waals surface area contributed by atoms with Crippen LogP contribution in [0.2, 0.25) is 0 Å². The van der Waals surface area contributed by atoms with Gasteiger partial charge in [0.15, 0.2) is 0 Å². The van der Waals surface area contributed by atoms with Crippen LogP contribution in [0, 0.1) is 35.2 Å². The summed E-state index contributed by atoms with van der Waals surface area (Å²) < 4.78 is 57.3. The molecule has 3 aliphatic heterocycles. The number of likely N-dealkylation sites (tertiary alicyclic amines) is 2. The van der Waals surface area contributed by atoms with Crippen molar-refractivity contribution in [3.63, 3.8) is 0 Å². The third kappa shape index (κ3) is 32.1. The van der Waals surface area contributed by atoms with Crippen molar-refractivity contribution in [3.05, 3.63) is 107 Å². The van der Waals surface area contributed by atoms with Crippen molar-refractivity contribution in [3.8, 4) is 0 Å². The second-order valence-corrected chi connectivity index (χ2v) is 33.4. The molecule has 3 saturated heterocycles. The van der Waals surface area contributed by atoms with Crippen LogP contribution in [0.5, 0.6) is 0 Å². The fraction of sp³-hybridized carbons (Fsp3) is 0.765. The Morgan fingerprint density at radius 2 is 0.890 bits per heavy atom. The summed E-state index contributed by atoms with van der Waals surface area (Å²) in [6, 6.07) is 18.3. The van der Waals surface area contributed by atoms with Gasteiger partial charge in [0.2, 0.25) is 0 Å². The number of carbonyl (C=O) groups excluding carboxylic acids is 2. The largest absolute Gasteiger partial charge is 0.390 e. The van der Waals surface area contributed by atoms with E-state index in [1.165, 1.54) is 42.8 Å². The summed E-state index contributed by atoms with van der Waals surface area (Å²) >= 11 is 0. The van der Waals surface area contributed by atoms with E-state index in [-0.39, 0.29) is 77.8 Å². The van der Waals surface area contributed by atoms with Gasteiger partial charge >= 0.3 is 12.1 Å². The standard InChI is InChI=1S/C29H48FN3O4.C28H46FN3O4.C17H26FNO2.C11H24N2O.ClH/c1-32(2)22-26(20-28(35)14-5-4-6-15-28)31-27(34)33-17-10-12-24(21-33)29(36,16-7-8-18-37-3)23-11-9-13-25(30)19-23;1-30-20-25(19-27(34)13-4-3-5-14-27)31-26(33)32-16-9-11-23(21-32)28(35,15-6-7-17-36-2)22-10-8-12-24(29)18-22;1-21-11-3-2-9-17(20,15-7-5-10-19-13-15)14-6-4-8-16(18)12-14;1-13(2)9-10(12)8-11(14)6-4-3-5-7-11;/h9,11,13,19,24,26,35-36H,4-8,10,12,14-18,20-22H2,1-3H3,(H,31,34);8,10,12,18,23,25,30,34-35H,3-7,9,11,13-17,19-21H2,1-2H3,(H,31,33);4,6,8,12,15,19-20H,2-3,5,7,9-11,13H2,1H3;10,14H,3-9,12H2,1-2H3;1H/t24-,26?,29-;23-,25?,28-;15-,17-;;/m111../s1. The highest BCUT2D eigenvalue weighted by Gasteiger charge is 2.45. The average molecular weight is 1560 g/mol. The first kappa shape index (κ1) is 95.3. The fourth-order valence-corrected chi connectivity index (χ4v) is 18.0. The van der Waals surface area contributed by atoms with E-state index in [0.29, 0.717) is 108 Å². The van der Waals surface area contributed by atoms with Gasteiger partial charge in [-0.05, 0) is 249 Å². The molecule has 3 heterocycles. The molecule has 9 rings (SSSR count). The molecular formula is C85H145ClF3N9O11. The molecule has 624 valence electrons. The number of piperidine rings is 3. The summed E-state index contributed by atoms with van der Waals surface area (Å²) in [5.41, 5.74) is 2.51. The van der Waals surface area contributed by atoms with Gasteiger partial charge in [0.1, 0.15) is 17.5 Å². The van der Waals surface area contributed by atoms with Crippen molar-refractivity contribution >= 4 is 24.5 Å². The molecule has 4 amide bonds. The lowest BCUT2D eigenvalue weighted by Crippen LogP contribution is -2.55. The van der Waals surface area contributed by atoms with Gasteiger partial charge in [-0.1, -0.05) is 94.2 Å². The highest BCUT2D eigenvalue weighted by Crippen LogP contribution is 2.44. The number of aliphatic hydroxyl groups is 6. The molecule has 0 bridgehead atoms. The molecule has 6 aliphatic rings. The molecular weight excluding hydrogens is 1420 g/mol. The summed E-state index contributed by atoms with van der Waals surface area (Å²) in [4.78, 5) is 34.5. The number of carbonyl (C=O) groups is 2. The molecule has 0 spiro atoms. The van der Waals surface area contributed by atoms with E-state index in [2.05, 4.69) is 26.2 Å². The zero-order chi connectivity index (χ0) is 78.6. The number of amides is 4. The predicted octanol–water partition coefficient (Wildman–Crippen LogP) is 12.4. The number of methoxy groups -OCH3 is 3. The Balaban J connectivity index is 0.000000275. The number of rotatable bonds is 35. The lowest BCUT2D eigenvalue weighted by molar-refractivity contribution is -0.0571. The number of urea groups is 2. The second-order valence-electron chi connectivity index (χ2n) is 33.4. The number of likely N-dealkylation sites (N-methyl/N-ethyl adjacent to an activating group) is 3. The van der Waals surface area contributed by atoms with Crippen LogP contribution in [0.15, 0.2) is 72.8 Å². The van der Waals surface area contributed by atoms with Gasteiger partial charge in [0.05, 0.1) is 33.6 Å². The minimum atomic E-state index is -1.23. The monoisotopic (exact) mass is 1560 g/mol. The smallest absolute Gasteiger partial charge is 0.317 e. The summed E-state index contributed by atoms with van der Waals surface area (Å²) in [6.45, 7) is 7.83. The van der Waals surface area contributed by atoms with E-state index >= 15 is 0 Å². The molecule has 109 heavy (non-hydrogen) atoms. The maximum absolute atomic E-state index is 14.2. The van der Waals surface area contributed by atoms with Crippen molar-refractivity contribution in [2.45, 2.75) is 264 Å². The van der Waals surface area contributed by atoms with E-state index in [0.717, 1.165) is 193 Å². The van der Waals surface area contributed by atoms with Crippen molar-refractivity contribution < 1.29 is 67.6 Å². The number of nitrogens with zero attached hydrogens (tertiary/aromatic N) is 4. The van der Waals surface area contributed by atoms with E-state index in [1.54, 1.807) is 61.5 Å². The predicted molar refractivity (Wildman–Crippen MR) is 431 cm³/mol. The van der Waals surface area contributed by atoms with Crippen molar-refractivity contribution in [2.75, 3.05) is 135 Å². The normalized spacial score (nSPS) is 22.4. The summed E-state index contributed by atoms with van der Waals surface area (Å²) in [7, 11) is 14.8. The summed E-state index contributed by atoms with van der Waals surface area (Å²) in [6.07, 6.45) is 28.4. The maximum Gasteiger partial charge on any atom is 0.317 e. The number of hydrogen-bond donors (Lipinski definition) is 11. The van der Waals surface area contributed by atoms with Crippen molar-refractivity contribution in [1.82, 2.24) is 40.9 Å². The molecule has 3 unspecified atom stereocenters. The Hall–Kier alpha value is -4.28. The Morgan fingerprint density at radius 3 is 1.24 bits per heavy atom. The van der Waals surface area contributed by atoms with Gasteiger partial charge in [-0.3, -0.25) is 0 Å². The van der Waals surface area contributed by atoms with E-state index in [4.69, 9.17) is 19.9 Å². The van der Waals surface area contributed by atoms with Crippen molar-refractivity contribution in [2.24, 2.45) is 23.5 Å². The molecule has 3 aliphatic carbocycles. The molecule has 12 N–H and O–H groups in total. The van der Waals surface area contributed by atoms with Crippen LogP contribution < -0.4 is 27.0 Å². The Bertz CT molecular complexity index is 3000. The van der Waals surface area contributed by atoms with Gasteiger partial charge in [-0.2, -0.15) is 0 Å². The summed E-state index contributed by atoms with van der Waals surface area (Å²) in [5.74, 6) is -1.30. The first-order valence-corrected chi connectivity index (χ1v) is 41.2. The minimum absolute atomic E-state index is 0. The van der Waals surface area contributed by atoms with Gasteiger partial charge in [0, 0.05) is 129 Å². The first-order chi connectivity index (χ1) is 51.6. The van der Waals surface area contributed by atoms with Crippen molar-refractivity contribution in [1.29, 1.82) is 0 Å². The first-order valence-electron chi connectivity index (χ1n) is 41.2. The van der Waals surface area contributed by atoms with E-state index in [1.807, 2.05) is 46.2 Å². The minimum Gasteiger partial charge on any atom is -0.390 e. The SMILES string of the molecule is CN(C)CC(N)CC1(O)CCCCC1.CNCC(CC1(O)CCCCC1)NC(=O)N1CCC[C@@H]([C@@](O)(CCCCOC)c2cccc(F)c2)C1.COCCCC[C@@](O)(c1cccc(F)c1)[C@@H]1CCCN(C(=O)NC(CN(C)C)CC2(O)CCCCC2)C1.COCCCC[C@@](O)(c1cccc(F)c1)[C@@H]1CCCNC1.Cl. The number of nitrogens with two attached hydrogens (primary N) is 1. The lowest BCUT2D eigenvalue weighted by atomic mass is 9.74. The molecule has 3 saturated carbocycles. The van der Waals surface area contributed by atoms with E-state index in [9.17, 15) is 53.4 Å². The molecule has 6 fully saturated rings. The quantitative estimate of drug-likeness (QED) is 0.0244. The molecule has 9 atom stereocenters.